The molecule has 0 aliphatic rings. The Labute approximate surface area is 66.7 Å². The van der Waals surface area contributed by atoms with Crippen LogP contribution in [0.4, 0.5) is 0 Å². The van der Waals surface area contributed by atoms with E-state index < -0.39 is 18.8 Å². The van der Waals surface area contributed by atoms with Gasteiger partial charge in [-0.05, 0) is 0 Å². The van der Waals surface area contributed by atoms with E-state index >= 15 is 0 Å². The van der Waals surface area contributed by atoms with Crippen LogP contribution in [0.5, 0.6) is 0 Å². The van der Waals surface area contributed by atoms with Crippen LogP contribution in [0.1, 0.15) is 19.8 Å². The third-order valence-corrected chi connectivity index (χ3v) is 1.24. The van der Waals surface area contributed by atoms with E-state index in [1.54, 1.807) is 0 Å². The second-order valence-electron chi connectivity index (χ2n) is 2.23. The van der Waals surface area contributed by atoms with Gasteiger partial charge in [0.15, 0.2) is 0 Å². The molecule has 0 aromatic rings. The van der Waals surface area contributed by atoms with Gasteiger partial charge in [-0.3, -0.25) is 0 Å². The Kier molecular flexibility index (Phi) is 5.86. The molecule has 3 heteroatoms. The van der Waals surface area contributed by atoms with E-state index in [0.717, 1.165) is 6.42 Å². The summed E-state index contributed by atoms with van der Waals surface area (Å²) in [5.41, 5.74) is 0. The Morgan fingerprint density at radius 1 is 1.18 bits per heavy atom. The monoisotopic (exact) mass is 158 g/mol. The lowest BCUT2D eigenvalue weighted by Gasteiger charge is -2.11. The average molecular weight is 158 g/mol. The van der Waals surface area contributed by atoms with E-state index in [9.17, 15) is 0 Å². The number of hydrogen-bond acceptors (Lipinski definition) is 3. The van der Waals surface area contributed by atoms with Crippen LogP contribution >= 0.6 is 0 Å². The van der Waals surface area contributed by atoms with Crippen molar-refractivity contribution in [2.24, 2.45) is 0 Å². The van der Waals surface area contributed by atoms with E-state index in [4.69, 9.17) is 15.3 Å². The van der Waals surface area contributed by atoms with E-state index in [0.29, 0.717) is 0 Å². The van der Waals surface area contributed by atoms with Gasteiger partial charge < -0.3 is 15.3 Å². The zero-order valence-corrected chi connectivity index (χ0v) is 6.62. The smallest absolute Gasteiger partial charge is 0.104 e. The maximum absolute atomic E-state index is 9.03. The predicted molar refractivity (Wildman–Crippen MR) is 41.8 cm³/mol. The third-order valence-electron chi connectivity index (χ3n) is 1.24. The van der Waals surface area contributed by atoms with E-state index in [1.165, 1.54) is 0 Å². The first-order valence-electron chi connectivity index (χ1n) is 3.65. The van der Waals surface area contributed by atoms with Crippen LogP contribution in [0.15, 0.2) is 0 Å². The summed E-state index contributed by atoms with van der Waals surface area (Å²) in [4.78, 5) is 0. The van der Waals surface area contributed by atoms with Crippen LogP contribution in [0.2, 0.25) is 0 Å². The highest BCUT2D eigenvalue weighted by atomic mass is 16.4. The van der Waals surface area contributed by atoms with Crippen LogP contribution in [0.3, 0.4) is 0 Å². The number of hydrogen-bond donors (Lipinski definition) is 3. The highest BCUT2D eigenvalue weighted by Gasteiger charge is 2.12. The van der Waals surface area contributed by atoms with Crippen LogP contribution < -0.4 is 0 Å². The summed E-state index contributed by atoms with van der Waals surface area (Å²) < 4.78 is 0. The van der Waals surface area contributed by atoms with Crippen molar-refractivity contribution in [3.05, 3.63) is 0 Å². The van der Waals surface area contributed by atoms with Gasteiger partial charge in [-0.25, -0.2) is 0 Å². The molecule has 64 valence electrons. The first-order chi connectivity index (χ1) is 5.22. The maximum Gasteiger partial charge on any atom is 0.104 e. The topological polar surface area (TPSA) is 60.7 Å². The minimum atomic E-state index is -1.07. The van der Waals surface area contributed by atoms with Crippen molar-refractivity contribution in [2.75, 3.05) is 6.61 Å². The fourth-order valence-electron chi connectivity index (χ4n) is 0.559. The van der Waals surface area contributed by atoms with Crippen molar-refractivity contribution in [1.29, 1.82) is 0 Å². The molecule has 0 fully saturated rings. The molecule has 0 aromatic heterocycles. The van der Waals surface area contributed by atoms with Crippen LogP contribution in [0.25, 0.3) is 0 Å². The number of aliphatic hydroxyl groups excluding tert-OH is 3. The molecule has 2 unspecified atom stereocenters. The van der Waals surface area contributed by atoms with Gasteiger partial charge in [-0.2, -0.15) is 0 Å². The van der Waals surface area contributed by atoms with Crippen LogP contribution in [-0.4, -0.2) is 34.1 Å². The SMILES string of the molecule is CCC#CCC(O)C(O)CO. The summed E-state index contributed by atoms with van der Waals surface area (Å²) in [6.07, 6.45) is -1.04. The largest absolute Gasteiger partial charge is 0.394 e. The van der Waals surface area contributed by atoms with Crippen molar-refractivity contribution in [1.82, 2.24) is 0 Å². The lowest BCUT2D eigenvalue weighted by atomic mass is 10.1. The van der Waals surface area contributed by atoms with Gasteiger partial charge in [0.25, 0.3) is 0 Å². The molecule has 0 amide bonds. The van der Waals surface area contributed by atoms with E-state index in [1.807, 2.05) is 6.92 Å². The quantitative estimate of drug-likeness (QED) is 0.485. The number of rotatable bonds is 3. The number of aliphatic hydroxyl groups is 3. The lowest BCUT2D eigenvalue weighted by molar-refractivity contribution is -0.0110. The van der Waals surface area contributed by atoms with Gasteiger partial charge in [0.2, 0.25) is 0 Å². The Balaban J connectivity index is 3.59. The molecule has 3 nitrogen and oxygen atoms in total. The maximum atomic E-state index is 9.03. The van der Waals surface area contributed by atoms with Crippen molar-refractivity contribution >= 4 is 0 Å². The molecule has 0 aromatic carbocycles. The summed E-state index contributed by atoms with van der Waals surface area (Å²) in [6, 6.07) is 0. The molecule has 3 N–H and O–H groups in total. The van der Waals surface area contributed by atoms with Crippen LogP contribution in [0, 0.1) is 11.8 Å². The average Bonchev–Trinajstić information content (AvgIpc) is 2.03. The molecule has 0 bridgehead atoms. The summed E-state index contributed by atoms with van der Waals surface area (Å²) in [6.45, 7) is 1.48. The highest BCUT2D eigenvalue weighted by molar-refractivity contribution is 5.00. The molecule has 0 aliphatic carbocycles. The fraction of sp³-hybridized carbons (Fsp3) is 0.750. The Morgan fingerprint density at radius 3 is 2.27 bits per heavy atom. The zero-order valence-electron chi connectivity index (χ0n) is 6.62. The third kappa shape index (κ3) is 4.79. The van der Waals surface area contributed by atoms with Crippen LogP contribution in [-0.2, 0) is 0 Å². The van der Waals surface area contributed by atoms with Crippen molar-refractivity contribution in [3.8, 4) is 11.8 Å². The molecule has 2 atom stereocenters. The summed E-state index contributed by atoms with van der Waals surface area (Å²) in [5, 5.41) is 26.3. The molecule has 0 rings (SSSR count). The zero-order chi connectivity index (χ0) is 8.69. The Bertz CT molecular complexity index is 145. The predicted octanol–water partition coefficient (Wildman–Crippen LogP) is -0.496. The van der Waals surface area contributed by atoms with Crippen molar-refractivity contribution in [2.45, 2.75) is 32.0 Å². The molecule has 0 radical (unpaired) electrons. The highest BCUT2D eigenvalue weighted by Crippen LogP contribution is 1.96. The second kappa shape index (κ2) is 6.17. The Hall–Kier alpha value is -0.560. The first-order valence-corrected chi connectivity index (χ1v) is 3.65. The molecule has 0 saturated heterocycles. The van der Waals surface area contributed by atoms with Gasteiger partial charge in [0.1, 0.15) is 6.10 Å². The minimum absolute atomic E-state index is 0.218. The molecular formula is C8H14O3. The van der Waals surface area contributed by atoms with Gasteiger partial charge in [0, 0.05) is 12.8 Å². The Morgan fingerprint density at radius 2 is 1.82 bits per heavy atom. The fourth-order valence-corrected chi connectivity index (χ4v) is 0.559. The molecule has 0 spiro atoms. The normalized spacial score (nSPS) is 14.9. The first kappa shape index (κ1) is 10.4. The molecule has 0 aliphatic heterocycles. The molecule has 0 saturated carbocycles. The van der Waals surface area contributed by atoms with Gasteiger partial charge in [-0.1, -0.05) is 6.92 Å². The van der Waals surface area contributed by atoms with Gasteiger partial charge >= 0.3 is 0 Å². The summed E-state index contributed by atoms with van der Waals surface area (Å²) in [5.74, 6) is 5.43. The van der Waals surface area contributed by atoms with Gasteiger partial charge in [-0.15, -0.1) is 11.8 Å². The van der Waals surface area contributed by atoms with Crippen molar-refractivity contribution < 1.29 is 15.3 Å². The second-order valence-corrected chi connectivity index (χ2v) is 2.23. The molecule has 0 heterocycles. The van der Waals surface area contributed by atoms with Crippen molar-refractivity contribution in [3.63, 3.8) is 0 Å². The lowest BCUT2D eigenvalue weighted by Crippen LogP contribution is -2.28. The van der Waals surface area contributed by atoms with E-state index in [2.05, 4.69) is 11.8 Å². The summed E-state index contributed by atoms with van der Waals surface area (Å²) >= 11 is 0. The minimum Gasteiger partial charge on any atom is -0.394 e. The summed E-state index contributed by atoms with van der Waals surface area (Å²) in [7, 11) is 0. The molecule has 11 heavy (non-hydrogen) atoms. The molecular weight excluding hydrogens is 144 g/mol. The van der Waals surface area contributed by atoms with Gasteiger partial charge in [0.05, 0.1) is 12.7 Å². The van der Waals surface area contributed by atoms with E-state index in [-0.39, 0.29) is 6.42 Å². The standard InChI is InChI=1S/C8H14O3/c1-2-3-4-5-7(10)8(11)6-9/h7-11H,2,5-6H2,1H3.